The first-order chi connectivity index (χ1) is 11.3. The number of amides is 1. The summed E-state index contributed by atoms with van der Waals surface area (Å²) in [5.74, 6) is 0.395. The molecule has 1 aromatic carbocycles. The van der Waals surface area contributed by atoms with Crippen LogP contribution < -0.4 is 0 Å². The second-order valence-electron chi connectivity index (χ2n) is 6.24. The Morgan fingerprint density at radius 1 is 1.26 bits per heavy atom. The van der Waals surface area contributed by atoms with Crippen molar-refractivity contribution in [1.82, 2.24) is 14.9 Å². The van der Waals surface area contributed by atoms with Crippen molar-refractivity contribution in [2.24, 2.45) is 0 Å². The summed E-state index contributed by atoms with van der Waals surface area (Å²) in [6.45, 7) is 0. The van der Waals surface area contributed by atoms with Gasteiger partial charge in [-0.3, -0.25) is 4.79 Å². The minimum Gasteiger partial charge on any atom is -0.451 e. The van der Waals surface area contributed by atoms with E-state index in [4.69, 9.17) is 4.42 Å². The number of aromatic nitrogens is 2. The van der Waals surface area contributed by atoms with Gasteiger partial charge in [0.25, 0.3) is 5.91 Å². The molecular formula is C18H15N3O2. The molecule has 1 amide bonds. The lowest BCUT2D eigenvalue weighted by atomic mass is 9.99. The van der Waals surface area contributed by atoms with Crippen LogP contribution in [0.2, 0.25) is 0 Å². The summed E-state index contributed by atoms with van der Waals surface area (Å²) >= 11 is 0. The van der Waals surface area contributed by atoms with E-state index in [0.29, 0.717) is 5.76 Å². The Hall–Kier alpha value is -2.69. The molecule has 0 aliphatic carbocycles. The van der Waals surface area contributed by atoms with Crippen LogP contribution in [-0.4, -0.2) is 26.8 Å². The Morgan fingerprint density at radius 2 is 2.17 bits per heavy atom. The summed E-state index contributed by atoms with van der Waals surface area (Å²) in [6.07, 6.45) is 6.23. The van der Waals surface area contributed by atoms with Crippen LogP contribution in [-0.2, 0) is 6.42 Å². The Kier molecular flexibility index (Phi) is 2.59. The maximum absolute atomic E-state index is 13.0. The quantitative estimate of drug-likeness (QED) is 0.693. The third-order valence-electron chi connectivity index (χ3n) is 4.99. The maximum atomic E-state index is 13.0. The molecule has 3 aromatic rings. The van der Waals surface area contributed by atoms with Crippen molar-refractivity contribution in [2.75, 3.05) is 0 Å². The van der Waals surface area contributed by atoms with Crippen molar-refractivity contribution in [2.45, 2.75) is 31.3 Å². The summed E-state index contributed by atoms with van der Waals surface area (Å²) in [4.78, 5) is 23.5. The number of benzene rings is 1. The highest BCUT2D eigenvalue weighted by Crippen LogP contribution is 2.43. The molecule has 2 bridgehead atoms. The lowest BCUT2D eigenvalue weighted by Gasteiger charge is -2.34. The molecular weight excluding hydrogens is 290 g/mol. The van der Waals surface area contributed by atoms with Crippen LogP contribution in [0.25, 0.3) is 11.0 Å². The van der Waals surface area contributed by atoms with Gasteiger partial charge >= 0.3 is 0 Å². The molecule has 114 valence electrons. The first-order valence-corrected chi connectivity index (χ1v) is 7.91. The molecule has 23 heavy (non-hydrogen) atoms. The van der Waals surface area contributed by atoms with Crippen LogP contribution in [0.3, 0.4) is 0 Å². The largest absolute Gasteiger partial charge is 0.451 e. The molecule has 2 atom stereocenters. The van der Waals surface area contributed by atoms with Gasteiger partial charge in [-0.05, 0) is 25.0 Å². The van der Waals surface area contributed by atoms with Crippen molar-refractivity contribution in [3.8, 4) is 0 Å². The van der Waals surface area contributed by atoms with E-state index in [0.717, 1.165) is 41.5 Å². The number of hydrogen-bond donors (Lipinski definition) is 0. The average molecular weight is 305 g/mol. The summed E-state index contributed by atoms with van der Waals surface area (Å²) in [5, 5.41) is 0.962. The highest BCUT2D eigenvalue weighted by Gasteiger charge is 2.44. The Morgan fingerprint density at radius 3 is 3.09 bits per heavy atom. The first-order valence-electron chi connectivity index (χ1n) is 7.91. The maximum Gasteiger partial charge on any atom is 0.290 e. The van der Waals surface area contributed by atoms with Crippen LogP contribution >= 0.6 is 0 Å². The van der Waals surface area contributed by atoms with Gasteiger partial charge in [0.2, 0.25) is 0 Å². The van der Waals surface area contributed by atoms with Crippen molar-refractivity contribution >= 4 is 16.9 Å². The first kappa shape index (κ1) is 12.8. The van der Waals surface area contributed by atoms with E-state index in [1.54, 1.807) is 6.33 Å². The van der Waals surface area contributed by atoms with Crippen LogP contribution in [0.4, 0.5) is 0 Å². The minimum atomic E-state index is -0.0248. The third-order valence-corrected chi connectivity index (χ3v) is 4.99. The fourth-order valence-corrected chi connectivity index (χ4v) is 3.95. The standard InChI is InChI=1S/C18H15N3O2/c22-18(17-7-11-3-1-2-4-16(11)23-17)21-12-5-6-15(21)13-9-19-10-20-14(13)8-12/h1-4,7,9-10,12,15H,5-6,8H2/t12-,15-/m0/s1. The number of fused-ring (bicyclic) bond motifs is 5. The van der Waals surface area contributed by atoms with E-state index < -0.39 is 0 Å². The number of para-hydroxylation sites is 1. The van der Waals surface area contributed by atoms with E-state index in [1.807, 2.05) is 41.4 Å². The fourth-order valence-electron chi connectivity index (χ4n) is 3.95. The summed E-state index contributed by atoms with van der Waals surface area (Å²) < 4.78 is 5.77. The number of nitrogens with zero attached hydrogens (tertiary/aromatic N) is 3. The third kappa shape index (κ3) is 1.82. The van der Waals surface area contributed by atoms with Crippen LogP contribution in [0.5, 0.6) is 0 Å². The molecule has 1 fully saturated rings. The van der Waals surface area contributed by atoms with Gasteiger partial charge in [-0.1, -0.05) is 18.2 Å². The van der Waals surface area contributed by atoms with Gasteiger partial charge in [0.1, 0.15) is 11.9 Å². The predicted octanol–water partition coefficient (Wildman–Crippen LogP) is 3.12. The highest BCUT2D eigenvalue weighted by atomic mass is 16.3. The normalized spacial score (nSPS) is 22.3. The van der Waals surface area contributed by atoms with E-state index >= 15 is 0 Å². The summed E-state index contributed by atoms with van der Waals surface area (Å²) in [5.41, 5.74) is 2.93. The van der Waals surface area contributed by atoms with Gasteiger partial charge in [0.15, 0.2) is 5.76 Å². The molecule has 0 radical (unpaired) electrons. The van der Waals surface area contributed by atoms with Crippen molar-refractivity contribution in [3.63, 3.8) is 0 Å². The lowest BCUT2D eigenvalue weighted by Crippen LogP contribution is -2.42. The predicted molar refractivity (Wildman–Crippen MR) is 83.9 cm³/mol. The second kappa shape index (κ2) is 4.65. The zero-order chi connectivity index (χ0) is 15.4. The smallest absolute Gasteiger partial charge is 0.290 e. The molecule has 2 aliphatic rings. The van der Waals surface area contributed by atoms with Crippen molar-refractivity contribution in [1.29, 1.82) is 0 Å². The number of hydrogen-bond acceptors (Lipinski definition) is 4. The molecule has 1 saturated heterocycles. The van der Waals surface area contributed by atoms with Crippen LogP contribution in [0, 0.1) is 0 Å². The van der Waals surface area contributed by atoms with Gasteiger partial charge < -0.3 is 9.32 Å². The summed E-state index contributed by atoms with van der Waals surface area (Å²) in [6, 6.07) is 9.84. The molecule has 0 N–H and O–H groups in total. The van der Waals surface area contributed by atoms with Crippen molar-refractivity contribution < 1.29 is 9.21 Å². The van der Waals surface area contributed by atoms with Gasteiger partial charge in [-0.25, -0.2) is 9.97 Å². The SMILES string of the molecule is O=C(c1cc2ccccc2o1)N1[C@H]2CC[C@H]1c1cncnc1C2. The number of carbonyl (C=O) groups is 1. The molecule has 2 aromatic heterocycles. The van der Waals surface area contributed by atoms with E-state index in [9.17, 15) is 4.79 Å². The molecule has 4 heterocycles. The Balaban J connectivity index is 1.56. The topological polar surface area (TPSA) is 59.2 Å². The molecule has 2 aliphatic heterocycles. The van der Waals surface area contributed by atoms with Crippen LogP contribution in [0.15, 0.2) is 47.3 Å². The number of rotatable bonds is 1. The number of carbonyl (C=O) groups excluding carboxylic acids is 1. The minimum absolute atomic E-state index is 0.0248. The van der Waals surface area contributed by atoms with E-state index in [1.165, 1.54) is 0 Å². The Bertz CT molecular complexity index is 884. The molecule has 0 unspecified atom stereocenters. The van der Waals surface area contributed by atoms with E-state index in [2.05, 4.69) is 9.97 Å². The van der Waals surface area contributed by atoms with Gasteiger partial charge in [-0.15, -0.1) is 0 Å². The molecule has 0 saturated carbocycles. The molecule has 5 rings (SSSR count). The molecule has 5 heteroatoms. The van der Waals surface area contributed by atoms with Crippen molar-refractivity contribution in [3.05, 3.63) is 59.9 Å². The zero-order valence-corrected chi connectivity index (χ0v) is 12.5. The van der Waals surface area contributed by atoms with Gasteiger partial charge in [0, 0.05) is 29.6 Å². The van der Waals surface area contributed by atoms with Crippen LogP contribution in [0.1, 0.15) is 40.7 Å². The summed E-state index contributed by atoms with van der Waals surface area (Å²) in [7, 11) is 0. The van der Waals surface area contributed by atoms with Gasteiger partial charge in [-0.2, -0.15) is 0 Å². The number of furan rings is 1. The van der Waals surface area contributed by atoms with E-state index in [-0.39, 0.29) is 18.0 Å². The second-order valence-corrected chi connectivity index (χ2v) is 6.24. The zero-order valence-electron chi connectivity index (χ0n) is 12.5. The average Bonchev–Trinajstić information content (AvgIpc) is 3.15. The fraction of sp³-hybridized carbons (Fsp3) is 0.278. The lowest BCUT2D eigenvalue weighted by molar-refractivity contribution is 0.0613. The molecule has 0 spiro atoms. The molecule has 5 nitrogen and oxygen atoms in total. The highest BCUT2D eigenvalue weighted by molar-refractivity contribution is 5.96. The Labute approximate surface area is 133 Å². The monoisotopic (exact) mass is 305 g/mol. The van der Waals surface area contributed by atoms with Gasteiger partial charge in [0.05, 0.1) is 11.7 Å².